The van der Waals surface area contributed by atoms with Gasteiger partial charge in [0, 0.05) is 11.5 Å². The fraction of sp³-hybridized carbons (Fsp3) is 0.778. The van der Waals surface area contributed by atoms with E-state index in [1.54, 1.807) is 0 Å². The van der Waals surface area contributed by atoms with E-state index in [0.29, 0.717) is 45.5 Å². The molecule has 0 bridgehead atoms. The molecule has 3 nitrogen and oxygen atoms in total. The van der Waals surface area contributed by atoms with E-state index in [-0.39, 0.29) is 12.8 Å². The van der Waals surface area contributed by atoms with Gasteiger partial charge in [-0.3, -0.25) is 0 Å². The second kappa shape index (κ2) is 17.2. The van der Waals surface area contributed by atoms with E-state index in [0.717, 1.165) is 38.5 Å². The van der Waals surface area contributed by atoms with Crippen molar-refractivity contribution in [2.45, 2.75) is 111 Å². The summed E-state index contributed by atoms with van der Waals surface area (Å²) in [4.78, 5) is 0. The molecule has 204 valence electrons. The number of ether oxygens (including phenoxy) is 3. The lowest BCUT2D eigenvalue weighted by atomic mass is 9.90. The zero-order valence-electron chi connectivity index (χ0n) is 21.8. The summed E-state index contributed by atoms with van der Waals surface area (Å²) in [5.74, 6) is -11.5. The number of halogens is 5. The fourth-order valence-corrected chi connectivity index (χ4v) is 4.07. The predicted octanol–water partition coefficient (Wildman–Crippen LogP) is 8.62. The molecule has 0 saturated carbocycles. The lowest BCUT2D eigenvalue weighted by Crippen LogP contribution is -2.47. The summed E-state index contributed by atoms with van der Waals surface area (Å²) in [6.07, 6.45) is 8.68. The van der Waals surface area contributed by atoms with Crippen LogP contribution in [0.4, 0.5) is 22.0 Å². The van der Waals surface area contributed by atoms with Gasteiger partial charge in [0.15, 0.2) is 23.3 Å². The average molecular weight is 511 g/mol. The number of hydrogen-bond acceptors (Lipinski definition) is 3. The number of unbranched alkanes of at least 4 members (excludes halogenated alkanes) is 5. The van der Waals surface area contributed by atoms with Crippen molar-refractivity contribution in [3.8, 4) is 0 Å². The highest BCUT2D eigenvalue weighted by molar-refractivity contribution is 5.24. The Labute approximate surface area is 207 Å². The second-order valence-electron chi connectivity index (χ2n) is 8.99. The van der Waals surface area contributed by atoms with Gasteiger partial charge in [-0.1, -0.05) is 66.2 Å². The van der Waals surface area contributed by atoms with E-state index in [1.807, 2.05) is 20.8 Å². The fourth-order valence-electron chi connectivity index (χ4n) is 4.07. The van der Waals surface area contributed by atoms with Gasteiger partial charge in [-0.25, -0.2) is 22.0 Å². The van der Waals surface area contributed by atoms with Gasteiger partial charge in [0.2, 0.25) is 5.82 Å². The highest BCUT2D eigenvalue weighted by Crippen LogP contribution is 2.36. The van der Waals surface area contributed by atoms with E-state index in [9.17, 15) is 22.0 Å². The van der Waals surface area contributed by atoms with Gasteiger partial charge in [0.1, 0.15) is 0 Å². The van der Waals surface area contributed by atoms with Gasteiger partial charge in [-0.05, 0) is 38.5 Å². The minimum Gasteiger partial charge on any atom is -0.327 e. The first-order valence-electron chi connectivity index (χ1n) is 13.2. The van der Waals surface area contributed by atoms with Crippen molar-refractivity contribution in [3.63, 3.8) is 0 Å². The molecule has 0 saturated heterocycles. The molecule has 0 heterocycles. The van der Waals surface area contributed by atoms with Crippen molar-refractivity contribution in [1.29, 1.82) is 0 Å². The Bertz CT molecular complexity index is 678. The topological polar surface area (TPSA) is 27.7 Å². The molecule has 0 spiro atoms. The monoisotopic (exact) mass is 510 g/mol. The van der Waals surface area contributed by atoms with Gasteiger partial charge < -0.3 is 14.2 Å². The van der Waals surface area contributed by atoms with Crippen LogP contribution < -0.4 is 0 Å². The number of benzene rings is 1. The maximum Gasteiger partial charge on any atom is 0.285 e. The molecule has 1 aromatic rings. The van der Waals surface area contributed by atoms with Crippen molar-refractivity contribution in [3.05, 3.63) is 34.6 Å². The molecule has 0 aliphatic carbocycles. The molecule has 8 heteroatoms. The van der Waals surface area contributed by atoms with Crippen LogP contribution in [0.15, 0.2) is 0 Å². The first-order valence-corrected chi connectivity index (χ1v) is 13.2. The third kappa shape index (κ3) is 9.62. The molecule has 0 aromatic heterocycles. The summed E-state index contributed by atoms with van der Waals surface area (Å²) in [7, 11) is 0. The molecule has 0 aliphatic rings. The number of hydrogen-bond donors (Lipinski definition) is 0. The van der Waals surface area contributed by atoms with E-state index < -0.39 is 46.5 Å². The lowest BCUT2D eigenvalue weighted by molar-refractivity contribution is -0.406. The molecular formula is C27H43F5O3. The maximum absolute atomic E-state index is 14.4. The van der Waals surface area contributed by atoms with Crippen molar-refractivity contribution >= 4 is 0 Å². The normalized spacial score (nSPS) is 12.9. The van der Waals surface area contributed by atoms with E-state index >= 15 is 0 Å². The Hall–Kier alpha value is -1.25. The van der Waals surface area contributed by atoms with Gasteiger partial charge >= 0.3 is 0 Å². The molecule has 1 unspecified atom stereocenters. The molecule has 1 rings (SSSR count). The Morgan fingerprint density at radius 3 is 1.43 bits per heavy atom. The second-order valence-corrected chi connectivity index (χ2v) is 8.99. The molecule has 35 heavy (non-hydrogen) atoms. The highest BCUT2D eigenvalue weighted by Gasteiger charge is 2.42. The molecule has 0 radical (unpaired) electrons. The van der Waals surface area contributed by atoms with Crippen LogP contribution in [-0.4, -0.2) is 25.8 Å². The van der Waals surface area contributed by atoms with E-state index in [1.165, 1.54) is 0 Å². The average Bonchev–Trinajstić information content (AvgIpc) is 2.87. The van der Waals surface area contributed by atoms with E-state index in [4.69, 9.17) is 14.2 Å². The molecular weight excluding hydrogens is 467 g/mol. The Kier molecular flexibility index (Phi) is 15.7. The molecule has 0 N–H and O–H groups in total. The minimum atomic E-state index is -2.15. The highest BCUT2D eigenvalue weighted by atomic mass is 19.2. The van der Waals surface area contributed by atoms with Crippen molar-refractivity contribution < 1.29 is 36.2 Å². The summed E-state index contributed by atoms with van der Waals surface area (Å²) in [5, 5.41) is 0. The van der Waals surface area contributed by atoms with Crippen LogP contribution in [0, 0.1) is 35.0 Å². The van der Waals surface area contributed by atoms with Crippen LogP contribution in [-0.2, 0) is 20.6 Å². The standard InChI is InChI=1S/C27H43F5O3/c1-5-9-10-11-12-13-14-20(27(33-17-6-2,34-18-7-3)35-19-8-4)15-16-21-22(28)24(30)26(32)25(31)23(21)29/h20H,5-19H2,1-4H3. The van der Waals surface area contributed by atoms with Crippen molar-refractivity contribution in [2.75, 3.05) is 19.8 Å². The van der Waals surface area contributed by atoms with Crippen LogP contribution in [0.1, 0.15) is 104 Å². The predicted molar refractivity (Wildman–Crippen MR) is 127 cm³/mol. The molecule has 1 aromatic carbocycles. The van der Waals surface area contributed by atoms with Crippen LogP contribution in [0.3, 0.4) is 0 Å². The zero-order valence-corrected chi connectivity index (χ0v) is 21.8. The van der Waals surface area contributed by atoms with Crippen LogP contribution in [0.2, 0.25) is 0 Å². The lowest BCUT2D eigenvalue weighted by Gasteiger charge is -2.40. The first kappa shape index (κ1) is 31.8. The SMILES string of the molecule is CCCCCCCCC(CCc1c(F)c(F)c(F)c(F)c1F)C(OCCC)(OCCC)OCCC. The summed E-state index contributed by atoms with van der Waals surface area (Å²) < 4.78 is 88.1. The van der Waals surface area contributed by atoms with Gasteiger partial charge in [-0.2, -0.15) is 0 Å². The van der Waals surface area contributed by atoms with Crippen molar-refractivity contribution in [1.82, 2.24) is 0 Å². The molecule has 1 atom stereocenters. The Morgan fingerprint density at radius 2 is 0.971 bits per heavy atom. The van der Waals surface area contributed by atoms with Crippen LogP contribution in [0.25, 0.3) is 0 Å². The van der Waals surface area contributed by atoms with Gasteiger partial charge in [0.25, 0.3) is 5.97 Å². The number of rotatable bonds is 20. The summed E-state index contributed by atoms with van der Waals surface area (Å²) >= 11 is 0. The zero-order chi connectivity index (χ0) is 26.3. The summed E-state index contributed by atoms with van der Waals surface area (Å²) in [6, 6.07) is 0. The summed E-state index contributed by atoms with van der Waals surface area (Å²) in [6.45, 7) is 9.03. The molecule has 0 fully saturated rings. The molecule has 0 aliphatic heterocycles. The maximum atomic E-state index is 14.4. The van der Waals surface area contributed by atoms with Gasteiger partial charge in [-0.15, -0.1) is 0 Å². The van der Waals surface area contributed by atoms with Gasteiger partial charge in [0.05, 0.1) is 19.8 Å². The Balaban J connectivity index is 3.23. The van der Waals surface area contributed by atoms with Crippen molar-refractivity contribution in [2.24, 2.45) is 5.92 Å². The minimum absolute atomic E-state index is 0.0878. The first-order chi connectivity index (χ1) is 16.8. The quantitative estimate of drug-likeness (QED) is 0.0578. The third-order valence-corrected chi connectivity index (χ3v) is 5.97. The third-order valence-electron chi connectivity index (χ3n) is 5.97. The van der Waals surface area contributed by atoms with Crippen LogP contribution >= 0.6 is 0 Å². The Morgan fingerprint density at radius 1 is 0.543 bits per heavy atom. The van der Waals surface area contributed by atoms with E-state index in [2.05, 4.69) is 6.92 Å². The summed E-state index contributed by atoms with van der Waals surface area (Å²) in [5.41, 5.74) is -0.815. The van der Waals surface area contributed by atoms with Crippen LogP contribution in [0.5, 0.6) is 0 Å². The smallest absolute Gasteiger partial charge is 0.285 e. The molecule has 0 amide bonds. The largest absolute Gasteiger partial charge is 0.327 e.